The molecule has 1 aliphatic heterocycles. The number of nitrogens with zero attached hydrogens (tertiary/aromatic N) is 1. The van der Waals surface area contributed by atoms with E-state index in [-0.39, 0.29) is 12.5 Å². The summed E-state index contributed by atoms with van der Waals surface area (Å²) in [4.78, 5) is 15.8. The molecule has 37 heavy (non-hydrogen) atoms. The first-order chi connectivity index (χ1) is 17.8. The fraction of sp³-hybridized carbons (Fsp3) is 0.167. The van der Waals surface area contributed by atoms with Crippen molar-refractivity contribution in [3.8, 4) is 11.5 Å². The number of halogens is 2. The number of nitrogens with one attached hydrogen (secondary N) is 1. The van der Waals surface area contributed by atoms with E-state index in [1.54, 1.807) is 30.2 Å². The number of anilines is 3. The number of amides is 1. The monoisotopic (exact) mass is 532 g/mol. The molecule has 1 N–H and O–H groups in total. The van der Waals surface area contributed by atoms with Gasteiger partial charge in [0.1, 0.15) is 24.1 Å². The summed E-state index contributed by atoms with van der Waals surface area (Å²) in [5.41, 5.74) is 6.33. The fourth-order valence-electron chi connectivity index (χ4n) is 4.67. The first-order valence-electron chi connectivity index (χ1n) is 11.9. The molecule has 5 nitrogen and oxygen atoms in total. The molecular weight excluding hydrogens is 507 g/mol. The highest BCUT2D eigenvalue weighted by atomic mass is 35.5. The first-order valence-corrected chi connectivity index (χ1v) is 12.6. The Morgan fingerprint density at radius 2 is 1.62 bits per heavy atom. The summed E-state index contributed by atoms with van der Waals surface area (Å²) in [7, 11) is 1.61. The van der Waals surface area contributed by atoms with Gasteiger partial charge in [0.05, 0.1) is 23.5 Å². The molecule has 0 radical (unpaired) electrons. The van der Waals surface area contributed by atoms with E-state index in [2.05, 4.69) is 11.4 Å². The molecule has 7 heteroatoms. The molecular formula is C30H26Cl2N2O3. The van der Waals surface area contributed by atoms with Crippen LogP contribution in [0, 0.1) is 13.8 Å². The quantitative estimate of drug-likeness (QED) is 0.273. The number of carbonyl (C=O) groups excluding carboxylic acids is 1. The second-order valence-electron chi connectivity index (χ2n) is 9.05. The van der Waals surface area contributed by atoms with Crippen molar-refractivity contribution in [1.82, 2.24) is 0 Å². The van der Waals surface area contributed by atoms with E-state index >= 15 is 0 Å². The number of rotatable bonds is 6. The fourth-order valence-corrected chi connectivity index (χ4v) is 5.13. The summed E-state index contributed by atoms with van der Waals surface area (Å²) >= 11 is 12.3. The lowest BCUT2D eigenvalue weighted by Gasteiger charge is -2.36. The molecule has 0 aliphatic carbocycles. The van der Waals surface area contributed by atoms with Gasteiger partial charge in [0, 0.05) is 16.3 Å². The van der Waals surface area contributed by atoms with Crippen LogP contribution < -0.4 is 19.7 Å². The molecule has 1 unspecified atom stereocenters. The number of aryl methyl sites for hydroxylation is 2. The third-order valence-electron chi connectivity index (χ3n) is 6.29. The minimum Gasteiger partial charge on any atom is -0.496 e. The zero-order valence-corrected chi connectivity index (χ0v) is 22.2. The molecule has 5 rings (SSSR count). The van der Waals surface area contributed by atoms with Gasteiger partial charge in [0.15, 0.2) is 0 Å². The molecule has 1 atom stereocenters. The van der Waals surface area contributed by atoms with Crippen molar-refractivity contribution in [2.24, 2.45) is 0 Å². The Balaban J connectivity index is 1.51. The van der Waals surface area contributed by atoms with Gasteiger partial charge in [-0.2, -0.15) is 0 Å². The number of ether oxygens (including phenoxy) is 2. The molecule has 1 amide bonds. The van der Waals surface area contributed by atoms with Crippen molar-refractivity contribution in [3.05, 3.63) is 111 Å². The van der Waals surface area contributed by atoms with Gasteiger partial charge in [0.2, 0.25) is 0 Å². The van der Waals surface area contributed by atoms with Crippen molar-refractivity contribution >= 4 is 46.2 Å². The van der Waals surface area contributed by atoms with Crippen LogP contribution in [-0.4, -0.2) is 13.0 Å². The number of carbonyl (C=O) groups is 1. The van der Waals surface area contributed by atoms with Crippen molar-refractivity contribution in [1.29, 1.82) is 0 Å². The summed E-state index contributed by atoms with van der Waals surface area (Å²) < 4.78 is 11.6. The summed E-state index contributed by atoms with van der Waals surface area (Å²) in [6, 6.07) is 24.2. The van der Waals surface area contributed by atoms with Crippen LogP contribution in [0.2, 0.25) is 10.0 Å². The van der Waals surface area contributed by atoms with Crippen LogP contribution in [0.4, 0.5) is 17.1 Å². The largest absolute Gasteiger partial charge is 0.496 e. The van der Waals surface area contributed by atoms with Crippen molar-refractivity contribution in [2.75, 3.05) is 17.3 Å². The number of benzene rings is 4. The highest BCUT2D eigenvalue weighted by molar-refractivity contribution is 6.35. The molecule has 4 aromatic rings. The Morgan fingerprint density at radius 3 is 2.35 bits per heavy atom. The molecule has 0 saturated carbocycles. The minimum absolute atomic E-state index is 0.0681. The average molecular weight is 533 g/mol. The number of methoxy groups -OCH3 is 1. The summed E-state index contributed by atoms with van der Waals surface area (Å²) in [5.74, 6) is 1.10. The highest BCUT2D eigenvalue weighted by Gasteiger charge is 2.35. The molecule has 4 aromatic carbocycles. The van der Waals surface area contributed by atoms with Crippen molar-refractivity contribution in [3.63, 3.8) is 0 Å². The van der Waals surface area contributed by atoms with Crippen LogP contribution in [-0.2, 0) is 11.4 Å². The minimum atomic E-state index is -0.598. The predicted octanol–water partition coefficient (Wildman–Crippen LogP) is 8.03. The maximum atomic E-state index is 14.0. The van der Waals surface area contributed by atoms with Gasteiger partial charge in [-0.25, -0.2) is 0 Å². The average Bonchev–Trinajstić information content (AvgIpc) is 2.87. The molecule has 1 aliphatic rings. The molecule has 0 bridgehead atoms. The Labute approximate surface area is 226 Å². The second kappa shape index (κ2) is 10.4. The second-order valence-corrected chi connectivity index (χ2v) is 9.89. The Morgan fingerprint density at radius 1 is 0.892 bits per heavy atom. The highest BCUT2D eigenvalue weighted by Crippen LogP contribution is 2.42. The van der Waals surface area contributed by atoms with Gasteiger partial charge in [0.25, 0.3) is 5.91 Å². The number of hydrogen-bond donors (Lipinski definition) is 1. The summed E-state index contributed by atoms with van der Waals surface area (Å²) in [5, 5.41) is 4.40. The number of para-hydroxylation sites is 2. The third kappa shape index (κ3) is 5.10. The molecule has 0 aromatic heterocycles. The van der Waals surface area contributed by atoms with Crippen LogP contribution in [0.3, 0.4) is 0 Å². The van der Waals surface area contributed by atoms with Gasteiger partial charge in [-0.1, -0.05) is 47.5 Å². The van der Waals surface area contributed by atoms with E-state index in [4.69, 9.17) is 32.7 Å². The molecule has 0 fully saturated rings. The lowest BCUT2D eigenvalue weighted by molar-refractivity contribution is -0.118. The van der Waals surface area contributed by atoms with E-state index in [1.165, 1.54) is 0 Å². The Hall–Kier alpha value is -3.67. The van der Waals surface area contributed by atoms with Crippen LogP contribution in [0.25, 0.3) is 0 Å². The molecule has 0 spiro atoms. The zero-order chi connectivity index (χ0) is 26.1. The first kappa shape index (κ1) is 25.0. The molecule has 0 saturated heterocycles. The SMILES string of the molecule is COc1ccc(C2Nc3ccccc3N(c3cc(C)cc(C)c3)C2=O)cc1COc1ccc(Cl)cc1Cl. The maximum Gasteiger partial charge on any atom is 0.258 e. The normalized spacial score (nSPS) is 14.7. The van der Waals surface area contributed by atoms with Gasteiger partial charge < -0.3 is 14.8 Å². The van der Waals surface area contributed by atoms with Gasteiger partial charge in [-0.05, 0) is 85.1 Å². The standard InChI is InChI=1S/C30H26Cl2N2O3/c1-18-12-19(2)14-23(13-18)34-26-7-5-4-6-25(26)33-29(30(34)35)20-8-10-27(36-3)21(15-20)17-37-28-11-9-22(31)16-24(28)32/h4-16,29,33H,17H2,1-3H3. The van der Waals surface area contributed by atoms with Crippen LogP contribution in [0.5, 0.6) is 11.5 Å². The van der Waals surface area contributed by atoms with E-state index in [0.29, 0.717) is 21.5 Å². The van der Waals surface area contributed by atoms with Crippen LogP contribution in [0.1, 0.15) is 28.3 Å². The lowest BCUT2D eigenvalue weighted by atomic mass is 9.98. The van der Waals surface area contributed by atoms with Crippen molar-refractivity contribution in [2.45, 2.75) is 26.5 Å². The van der Waals surface area contributed by atoms with Gasteiger partial charge in [-0.15, -0.1) is 0 Å². The van der Waals surface area contributed by atoms with E-state index in [9.17, 15) is 4.79 Å². The molecule has 1 heterocycles. The third-order valence-corrected chi connectivity index (χ3v) is 6.82. The number of fused-ring (bicyclic) bond motifs is 1. The van der Waals surface area contributed by atoms with E-state index in [1.807, 2.05) is 68.4 Å². The van der Waals surface area contributed by atoms with Crippen molar-refractivity contribution < 1.29 is 14.3 Å². The smallest absolute Gasteiger partial charge is 0.258 e. The lowest BCUT2D eigenvalue weighted by Crippen LogP contribution is -2.39. The summed E-state index contributed by atoms with van der Waals surface area (Å²) in [6.07, 6.45) is 0. The number of hydrogen-bond acceptors (Lipinski definition) is 4. The maximum absolute atomic E-state index is 14.0. The topological polar surface area (TPSA) is 50.8 Å². The molecule has 188 valence electrons. The predicted molar refractivity (Wildman–Crippen MR) is 150 cm³/mol. The Kier molecular flexibility index (Phi) is 7.00. The van der Waals surface area contributed by atoms with Crippen LogP contribution in [0.15, 0.2) is 78.9 Å². The van der Waals surface area contributed by atoms with Gasteiger partial charge in [-0.3, -0.25) is 9.69 Å². The van der Waals surface area contributed by atoms with Gasteiger partial charge >= 0.3 is 0 Å². The van der Waals surface area contributed by atoms with E-state index < -0.39 is 6.04 Å². The Bertz CT molecular complexity index is 1470. The van der Waals surface area contributed by atoms with E-state index in [0.717, 1.165) is 39.3 Å². The summed E-state index contributed by atoms with van der Waals surface area (Å²) in [6.45, 7) is 4.28. The zero-order valence-electron chi connectivity index (χ0n) is 20.7. The van der Waals surface area contributed by atoms with Crippen LogP contribution >= 0.6 is 23.2 Å².